The van der Waals surface area contributed by atoms with Gasteiger partial charge in [0.1, 0.15) is 6.54 Å². The highest BCUT2D eigenvalue weighted by Crippen LogP contribution is 2.11. The number of rotatable bonds is 14. The van der Waals surface area contributed by atoms with Crippen LogP contribution in [-0.4, -0.2) is 73.8 Å². The summed E-state index contributed by atoms with van der Waals surface area (Å²) in [4.78, 5) is 54.1. The number of fused-ring (bicyclic) bond motifs is 1. The van der Waals surface area contributed by atoms with Crippen LogP contribution in [0.25, 0.3) is 11.2 Å². The number of aromatic amines is 1. The Morgan fingerprint density at radius 1 is 1.23 bits per heavy atom. The number of unbranched alkanes of at least 4 members (excludes halogenated alkanes) is 1. The number of aliphatic imine (C=N–C) groups is 1. The van der Waals surface area contributed by atoms with Gasteiger partial charge in [-0.15, -0.1) is 0 Å². The van der Waals surface area contributed by atoms with E-state index in [4.69, 9.17) is 17.2 Å². The second-order valence-corrected chi connectivity index (χ2v) is 9.21. The summed E-state index contributed by atoms with van der Waals surface area (Å²) in [5.41, 5.74) is 16.2. The van der Waals surface area contributed by atoms with Gasteiger partial charge >= 0.3 is 0 Å². The third-order valence-corrected chi connectivity index (χ3v) is 5.41. The van der Waals surface area contributed by atoms with Gasteiger partial charge in [-0.05, 0) is 19.3 Å². The summed E-state index contributed by atoms with van der Waals surface area (Å²) in [5, 5.41) is 3.49. The second kappa shape index (κ2) is 12.8. The summed E-state index contributed by atoms with van der Waals surface area (Å²) in [6.07, 6.45) is 3.80. The normalized spacial score (nSPS) is 12.3. The standard InChI is InChI=1S/C22H38N10O3/c1-13(2)16(33)10-31(9-15(28-14(3)4)7-5-6-8-26-21(23)24)17(34)11-32-12-27-18-19(32)29-22(25)30-20(18)35/h12-15,28H,5-11H2,1-4H3,(H4,23,24,26)(H3,25,29,30,35)/t15-/m0/s1. The van der Waals surface area contributed by atoms with Crippen molar-refractivity contribution in [2.45, 2.75) is 65.6 Å². The van der Waals surface area contributed by atoms with E-state index in [1.807, 2.05) is 13.8 Å². The minimum absolute atomic E-state index is 0.0104. The van der Waals surface area contributed by atoms with E-state index in [1.54, 1.807) is 18.7 Å². The monoisotopic (exact) mass is 490 g/mol. The minimum Gasteiger partial charge on any atom is -0.370 e. The van der Waals surface area contributed by atoms with Crippen LogP contribution in [0.4, 0.5) is 5.95 Å². The van der Waals surface area contributed by atoms with Crippen LogP contribution in [0.15, 0.2) is 16.1 Å². The first kappa shape index (κ1) is 27.8. The summed E-state index contributed by atoms with van der Waals surface area (Å²) < 4.78 is 1.47. The fourth-order valence-corrected chi connectivity index (χ4v) is 3.63. The van der Waals surface area contributed by atoms with E-state index >= 15 is 0 Å². The third-order valence-electron chi connectivity index (χ3n) is 5.41. The largest absolute Gasteiger partial charge is 0.370 e. The van der Waals surface area contributed by atoms with Crippen LogP contribution in [0.2, 0.25) is 0 Å². The van der Waals surface area contributed by atoms with Crippen LogP contribution < -0.4 is 28.1 Å². The van der Waals surface area contributed by atoms with Crippen LogP contribution in [0.1, 0.15) is 47.0 Å². The van der Waals surface area contributed by atoms with Crippen LogP contribution in [-0.2, 0) is 16.1 Å². The van der Waals surface area contributed by atoms with Gasteiger partial charge in [0.2, 0.25) is 11.9 Å². The van der Waals surface area contributed by atoms with Crippen molar-refractivity contribution in [3.8, 4) is 0 Å². The lowest BCUT2D eigenvalue weighted by molar-refractivity contribution is -0.137. The molecule has 0 unspecified atom stereocenters. The van der Waals surface area contributed by atoms with E-state index in [2.05, 4.69) is 25.3 Å². The van der Waals surface area contributed by atoms with Crippen LogP contribution >= 0.6 is 0 Å². The van der Waals surface area contributed by atoms with Crippen LogP contribution in [0.5, 0.6) is 0 Å². The summed E-state index contributed by atoms with van der Waals surface area (Å²) in [7, 11) is 0. The molecule has 2 aromatic heterocycles. The summed E-state index contributed by atoms with van der Waals surface area (Å²) in [6.45, 7) is 8.42. The van der Waals surface area contributed by atoms with Crippen LogP contribution in [0.3, 0.4) is 0 Å². The molecule has 0 aliphatic carbocycles. The number of hydrogen-bond acceptors (Lipinski definition) is 8. The number of nitrogens with one attached hydrogen (secondary N) is 2. The zero-order valence-electron chi connectivity index (χ0n) is 21.0. The molecule has 1 amide bonds. The Bertz CT molecular complexity index is 1080. The average molecular weight is 491 g/mol. The van der Waals surface area contributed by atoms with Crippen molar-refractivity contribution in [1.29, 1.82) is 0 Å². The highest BCUT2D eigenvalue weighted by atomic mass is 16.2. The molecule has 2 heterocycles. The Morgan fingerprint density at radius 2 is 1.94 bits per heavy atom. The first-order valence-corrected chi connectivity index (χ1v) is 11.8. The van der Waals surface area contributed by atoms with Gasteiger partial charge in [-0.2, -0.15) is 4.98 Å². The van der Waals surface area contributed by atoms with E-state index in [0.29, 0.717) is 13.1 Å². The fourth-order valence-electron chi connectivity index (χ4n) is 3.63. The van der Waals surface area contributed by atoms with E-state index in [1.165, 1.54) is 10.9 Å². The number of aromatic nitrogens is 4. The molecule has 13 heteroatoms. The van der Waals surface area contributed by atoms with Gasteiger partial charge in [-0.1, -0.05) is 27.7 Å². The quantitative estimate of drug-likeness (QED) is 0.132. The molecular weight excluding hydrogens is 452 g/mol. The van der Waals surface area contributed by atoms with Gasteiger partial charge in [0.05, 0.1) is 12.9 Å². The van der Waals surface area contributed by atoms with Crippen molar-refractivity contribution in [2.24, 2.45) is 22.4 Å². The number of carbonyl (C=O) groups excluding carboxylic acids is 2. The maximum absolute atomic E-state index is 13.4. The van der Waals surface area contributed by atoms with Crippen molar-refractivity contribution in [1.82, 2.24) is 29.7 Å². The maximum Gasteiger partial charge on any atom is 0.280 e. The highest BCUT2D eigenvalue weighted by molar-refractivity contribution is 5.87. The average Bonchev–Trinajstić information content (AvgIpc) is 3.14. The zero-order valence-corrected chi connectivity index (χ0v) is 21.0. The van der Waals surface area contributed by atoms with Gasteiger partial charge < -0.3 is 32.0 Å². The fraction of sp³-hybridized carbons (Fsp3) is 0.636. The summed E-state index contributed by atoms with van der Waals surface area (Å²) in [6, 6.07) is 0.154. The lowest BCUT2D eigenvalue weighted by atomic mass is 10.1. The molecule has 2 aromatic rings. The Balaban J connectivity index is 2.20. The number of nitrogens with two attached hydrogens (primary N) is 3. The van der Waals surface area contributed by atoms with E-state index in [-0.39, 0.29) is 65.9 Å². The first-order chi connectivity index (χ1) is 16.5. The molecule has 0 saturated carbocycles. The number of nitrogens with zero attached hydrogens (tertiary/aromatic N) is 5. The predicted octanol–water partition coefficient (Wildman–Crippen LogP) is -0.434. The van der Waals surface area contributed by atoms with Crippen molar-refractivity contribution >= 4 is 34.8 Å². The molecule has 0 fully saturated rings. The highest BCUT2D eigenvalue weighted by Gasteiger charge is 2.24. The van der Waals surface area contributed by atoms with Gasteiger partial charge in [0, 0.05) is 31.1 Å². The van der Waals surface area contributed by atoms with Gasteiger partial charge in [0.25, 0.3) is 5.56 Å². The van der Waals surface area contributed by atoms with E-state index in [0.717, 1.165) is 19.3 Å². The minimum atomic E-state index is -0.479. The molecule has 0 aliphatic rings. The Hall–Kier alpha value is -3.48. The number of Topliss-reactive ketones (excluding diaryl/α,β-unsaturated/α-hetero) is 1. The van der Waals surface area contributed by atoms with Gasteiger partial charge in [0.15, 0.2) is 22.9 Å². The Kier molecular flexibility index (Phi) is 10.2. The summed E-state index contributed by atoms with van der Waals surface area (Å²) >= 11 is 0. The number of guanidine groups is 1. The number of ketones is 1. The molecule has 1 atom stereocenters. The number of anilines is 1. The molecule has 194 valence electrons. The van der Waals surface area contributed by atoms with Gasteiger partial charge in [-0.3, -0.25) is 24.4 Å². The lowest BCUT2D eigenvalue weighted by Gasteiger charge is -2.30. The number of H-pyrrole nitrogens is 1. The number of nitrogen functional groups attached to an aromatic ring is 1. The van der Waals surface area contributed by atoms with Crippen molar-refractivity contribution in [3.05, 3.63) is 16.7 Å². The smallest absolute Gasteiger partial charge is 0.280 e. The third kappa shape index (κ3) is 8.67. The van der Waals surface area contributed by atoms with E-state index in [9.17, 15) is 14.4 Å². The Labute approximate surface area is 204 Å². The molecule has 35 heavy (non-hydrogen) atoms. The predicted molar refractivity (Wildman–Crippen MR) is 136 cm³/mol. The first-order valence-electron chi connectivity index (χ1n) is 11.8. The molecule has 0 bridgehead atoms. The molecule has 0 aliphatic heterocycles. The summed E-state index contributed by atoms with van der Waals surface area (Å²) in [5.74, 6) is -0.532. The second-order valence-electron chi connectivity index (χ2n) is 9.21. The SMILES string of the molecule is CC(C)N[C@@H](CCCCN=C(N)N)CN(CC(=O)C(C)C)C(=O)Cn1cnc2c(=O)[nH]c(N)nc21. The van der Waals surface area contributed by atoms with Gasteiger partial charge in [-0.25, -0.2) is 4.98 Å². The molecule has 0 radical (unpaired) electrons. The maximum atomic E-state index is 13.4. The van der Waals surface area contributed by atoms with Crippen molar-refractivity contribution in [3.63, 3.8) is 0 Å². The molecule has 8 N–H and O–H groups in total. The molecule has 0 spiro atoms. The van der Waals surface area contributed by atoms with Crippen molar-refractivity contribution < 1.29 is 9.59 Å². The lowest BCUT2D eigenvalue weighted by Crippen LogP contribution is -2.48. The molecule has 0 saturated heterocycles. The number of imidazole rings is 1. The number of amides is 1. The topological polar surface area (TPSA) is 203 Å². The molecule has 0 aromatic carbocycles. The van der Waals surface area contributed by atoms with Crippen LogP contribution in [0, 0.1) is 5.92 Å². The molecule has 13 nitrogen and oxygen atoms in total. The number of hydrogen-bond donors (Lipinski definition) is 5. The number of carbonyl (C=O) groups is 2. The van der Waals surface area contributed by atoms with Crippen molar-refractivity contribution in [2.75, 3.05) is 25.4 Å². The molecular formula is C22H38N10O3. The zero-order chi connectivity index (χ0) is 26.1. The Morgan fingerprint density at radius 3 is 2.57 bits per heavy atom. The van der Waals surface area contributed by atoms with E-state index < -0.39 is 5.56 Å². The molecule has 2 rings (SSSR count).